The molecule has 2 heterocycles. The molecule has 0 aromatic heterocycles. The average Bonchev–Trinajstić information content (AvgIpc) is 2.67. The molecule has 2 N–H and O–H groups in total. The first-order valence-corrected chi connectivity index (χ1v) is 11.6. The summed E-state index contributed by atoms with van der Waals surface area (Å²) in [5.41, 5.74) is 0. The highest BCUT2D eigenvalue weighted by molar-refractivity contribution is 14.0. The van der Waals surface area contributed by atoms with Crippen molar-refractivity contribution in [3.05, 3.63) is 0 Å². The van der Waals surface area contributed by atoms with Crippen molar-refractivity contribution in [2.24, 2.45) is 16.8 Å². The van der Waals surface area contributed by atoms with E-state index in [4.69, 9.17) is 9.73 Å². The number of likely N-dealkylation sites (tertiary alicyclic amines) is 1. The lowest BCUT2D eigenvalue weighted by Crippen LogP contribution is -2.46. The number of nitrogens with one attached hydrogen (secondary N) is 2. The summed E-state index contributed by atoms with van der Waals surface area (Å²) >= 11 is 0. The van der Waals surface area contributed by atoms with E-state index in [2.05, 4.69) is 48.1 Å². The van der Waals surface area contributed by atoms with Crippen molar-refractivity contribution < 1.29 is 4.74 Å². The predicted octanol–water partition coefficient (Wildman–Crippen LogP) is 3.03. The topological polar surface area (TPSA) is 52.1 Å². The van der Waals surface area contributed by atoms with Crippen LogP contribution in [0.5, 0.6) is 0 Å². The highest BCUT2D eigenvalue weighted by Gasteiger charge is 2.20. The van der Waals surface area contributed by atoms with Crippen molar-refractivity contribution in [3.8, 4) is 0 Å². The third kappa shape index (κ3) is 11.7. The van der Waals surface area contributed by atoms with Gasteiger partial charge in [-0.25, -0.2) is 0 Å². The highest BCUT2D eigenvalue weighted by atomic mass is 127. The van der Waals surface area contributed by atoms with Crippen LogP contribution in [0.25, 0.3) is 0 Å². The third-order valence-electron chi connectivity index (χ3n) is 5.71. The quantitative estimate of drug-likeness (QED) is 0.200. The van der Waals surface area contributed by atoms with Crippen LogP contribution in [-0.4, -0.2) is 87.4 Å². The first-order chi connectivity index (χ1) is 13.6. The van der Waals surface area contributed by atoms with Crippen LogP contribution in [0, 0.1) is 11.8 Å². The molecule has 1 unspecified atom stereocenters. The summed E-state index contributed by atoms with van der Waals surface area (Å²) in [4.78, 5) is 9.92. The van der Waals surface area contributed by atoms with Gasteiger partial charge >= 0.3 is 0 Å². The van der Waals surface area contributed by atoms with Gasteiger partial charge in [-0.05, 0) is 64.1 Å². The maximum absolute atomic E-state index is 5.93. The molecule has 6 nitrogen and oxygen atoms in total. The molecule has 1 atom stereocenters. The lowest BCUT2D eigenvalue weighted by molar-refractivity contribution is -0.0261. The Balaban J connectivity index is 0.00000420. The number of ether oxygens (including phenoxy) is 1. The van der Waals surface area contributed by atoms with E-state index >= 15 is 0 Å². The van der Waals surface area contributed by atoms with Crippen molar-refractivity contribution in [1.82, 2.24) is 20.4 Å². The van der Waals surface area contributed by atoms with E-state index in [0.29, 0.717) is 5.92 Å². The number of hydrogen-bond donors (Lipinski definition) is 2. The maximum atomic E-state index is 5.93. The fourth-order valence-corrected chi connectivity index (χ4v) is 4.06. The van der Waals surface area contributed by atoms with E-state index in [0.717, 1.165) is 57.8 Å². The zero-order valence-corrected chi connectivity index (χ0v) is 21.6. The molecule has 0 amide bonds. The Kier molecular flexibility index (Phi) is 14.5. The Morgan fingerprint density at radius 2 is 1.86 bits per heavy atom. The first kappa shape index (κ1) is 26.9. The molecule has 2 fully saturated rings. The largest absolute Gasteiger partial charge is 0.374 e. The molecule has 29 heavy (non-hydrogen) atoms. The molecule has 0 saturated carbocycles. The van der Waals surface area contributed by atoms with Gasteiger partial charge in [0.25, 0.3) is 0 Å². The molecule has 7 heteroatoms. The molecular weight excluding hydrogens is 477 g/mol. The number of morpholine rings is 1. The van der Waals surface area contributed by atoms with E-state index in [1.54, 1.807) is 0 Å². The monoisotopic (exact) mass is 523 g/mol. The lowest BCUT2D eigenvalue weighted by atomic mass is 9.99. The summed E-state index contributed by atoms with van der Waals surface area (Å²) in [7, 11) is 0. The summed E-state index contributed by atoms with van der Waals surface area (Å²) in [6.07, 6.45) is 5.40. The zero-order valence-electron chi connectivity index (χ0n) is 19.3. The average molecular weight is 524 g/mol. The minimum absolute atomic E-state index is 0. The van der Waals surface area contributed by atoms with E-state index in [1.807, 2.05) is 0 Å². The Morgan fingerprint density at radius 1 is 1.10 bits per heavy atom. The van der Waals surface area contributed by atoms with Crippen molar-refractivity contribution >= 4 is 29.9 Å². The van der Waals surface area contributed by atoms with Crippen LogP contribution in [0.15, 0.2) is 4.99 Å². The third-order valence-corrected chi connectivity index (χ3v) is 5.71. The molecule has 172 valence electrons. The van der Waals surface area contributed by atoms with E-state index < -0.39 is 0 Å². The molecule has 0 bridgehead atoms. The normalized spacial score (nSPS) is 22.5. The summed E-state index contributed by atoms with van der Waals surface area (Å²) in [6.45, 7) is 19.5. The van der Waals surface area contributed by atoms with Crippen molar-refractivity contribution in [1.29, 1.82) is 0 Å². The van der Waals surface area contributed by atoms with Gasteiger partial charge in [0.15, 0.2) is 5.96 Å². The van der Waals surface area contributed by atoms with Crippen LogP contribution in [-0.2, 0) is 4.74 Å². The Hall–Kier alpha value is -0.120. The number of nitrogens with zero attached hydrogens (tertiary/aromatic N) is 3. The second-order valence-corrected chi connectivity index (χ2v) is 9.02. The molecule has 2 saturated heterocycles. The van der Waals surface area contributed by atoms with Crippen LogP contribution in [0.2, 0.25) is 0 Å². The second kappa shape index (κ2) is 15.6. The van der Waals surface area contributed by atoms with Gasteiger partial charge in [-0.15, -0.1) is 24.0 Å². The minimum atomic E-state index is 0. The lowest BCUT2D eigenvalue weighted by Gasteiger charge is -2.33. The molecular formula is C22H46IN5O. The smallest absolute Gasteiger partial charge is 0.191 e. The summed E-state index contributed by atoms with van der Waals surface area (Å²) in [5.74, 6) is 2.55. The Morgan fingerprint density at radius 3 is 2.55 bits per heavy atom. The fourth-order valence-electron chi connectivity index (χ4n) is 4.06. The van der Waals surface area contributed by atoms with E-state index in [-0.39, 0.29) is 30.1 Å². The van der Waals surface area contributed by atoms with Gasteiger partial charge in [0.05, 0.1) is 19.3 Å². The van der Waals surface area contributed by atoms with Gasteiger partial charge < -0.3 is 20.3 Å². The van der Waals surface area contributed by atoms with Crippen molar-refractivity contribution in [2.45, 2.75) is 59.5 Å². The maximum Gasteiger partial charge on any atom is 0.191 e. The zero-order chi connectivity index (χ0) is 20.2. The molecule has 0 aliphatic carbocycles. The van der Waals surface area contributed by atoms with Crippen LogP contribution < -0.4 is 10.6 Å². The van der Waals surface area contributed by atoms with Crippen molar-refractivity contribution in [2.75, 3.05) is 65.5 Å². The van der Waals surface area contributed by atoms with Crippen LogP contribution in [0.4, 0.5) is 0 Å². The van der Waals surface area contributed by atoms with E-state index in [9.17, 15) is 0 Å². The van der Waals surface area contributed by atoms with Gasteiger partial charge in [-0.3, -0.25) is 9.89 Å². The molecule has 2 aliphatic heterocycles. The molecule has 0 aromatic carbocycles. The Bertz CT molecular complexity index is 441. The van der Waals surface area contributed by atoms with Gasteiger partial charge in [0.1, 0.15) is 0 Å². The molecule has 0 radical (unpaired) electrons. The molecule has 0 aromatic rings. The summed E-state index contributed by atoms with van der Waals surface area (Å²) in [6, 6.07) is 0. The Labute approximate surface area is 196 Å². The van der Waals surface area contributed by atoms with Crippen LogP contribution in [0.1, 0.15) is 53.4 Å². The fraction of sp³-hybridized carbons (Fsp3) is 0.955. The van der Waals surface area contributed by atoms with Gasteiger partial charge in [-0.1, -0.05) is 20.8 Å². The van der Waals surface area contributed by atoms with Gasteiger partial charge in [0, 0.05) is 32.7 Å². The molecule has 0 spiro atoms. The molecule has 2 aliphatic rings. The first-order valence-electron chi connectivity index (χ1n) is 11.6. The number of rotatable bonds is 10. The summed E-state index contributed by atoms with van der Waals surface area (Å²) < 4.78 is 5.93. The molecule has 2 rings (SSSR count). The number of guanidine groups is 1. The number of piperidine rings is 1. The van der Waals surface area contributed by atoms with Crippen molar-refractivity contribution in [3.63, 3.8) is 0 Å². The van der Waals surface area contributed by atoms with Crippen LogP contribution in [0.3, 0.4) is 0 Å². The van der Waals surface area contributed by atoms with E-state index in [1.165, 1.54) is 45.3 Å². The summed E-state index contributed by atoms with van der Waals surface area (Å²) in [5, 5.41) is 6.87. The number of halogens is 1. The number of unbranched alkanes of at least 4 members (excludes halogenated alkanes) is 1. The van der Waals surface area contributed by atoms with Gasteiger partial charge in [0.2, 0.25) is 0 Å². The highest BCUT2D eigenvalue weighted by Crippen LogP contribution is 2.16. The standard InChI is InChI=1S/C22H45N5O.HI/c1-5-23-22(24-10-6-7-11-26-12-8-20(4)9-13-26)25-16-21-18-27(14-15-28-21)17-19(2)3;/h19-21H,5-18H2,1-4H3,(H2,23,24,25);1H. The van der Waals surface area contributed by atoms with Gasteiger partial charge in [-0.2, -0.15) is 0 Å². The minimum Gasteiger partial charge on any atom is -0.374 e. The predicted molar refractivity (Wildman–Crippen MR) is 134 cm³/mol. The second-order valence-electron chi connectivity index (χ2n) is 9.02. The van der Waals surface area contributed by atoms with Crippen LogP contribution >= 0.6 is 24.0 Å². The SMILES string of the molecule is CCNC(=NCC1CN(CC(C)C)CCO1)NCCCCN1CCC(C)CC1.I. The number of aliphatic imine (C=N–C) groups is 1. The number of hydrogen-bond acceptors (Lipinski definition) is 4.